The molecule has 1 fully saturated rings. The van der Waals surface area contributed by atoms with E-state index in [1.54, 1.807) is 6.33 Å². The first-order valence-electron chi connectivity index (χ1n) is 8.99. The number of hydrogen-bond donors (Lipinski definition) is 1. The molecule has 2 aromatic rings. The molecule has 2 unspecified atom stereocenters. The Labute approximate surface area is 150 Å². The largest absolute Gasteiger partial charge is 0.409 e. The molecule has 1 aliphatic heterocycles. The van der Waals surface area contributed by atoms with Crippen LogP contribution in [0.2, 0.25) is 0 Å². The average Bonchev–Trinajstić information content (AvgIpc) is 3.17. The maximum Gasteiger partial charge on any atom is 0.409 e. The summed E-state index contributed by atoms with van der Waals surface area (Å²) in [5.41, 5.74) is 3.82. The number of allylic oxidation sites excluding steroid dienone is 2. The van der Waals surface area contributed by atoms with Crippen LogP contribution in [0.4, 0.5) is 13.2 Å². The summed E-state index contributed by atoms with van der Waals surface area (Å²) >= 11 is 0. The Morgan fingerprint density at radius 1 is 1.23 bits per heavy atom. The fourth-order valence-corrected chi connectivity index (χ4v) is 4.37. The molecule has 2 atom stereocenters. The number of nitrogens with zero attached hydrogens (tertiary/aromatic N) is 2. The molecule has 0 spiro atoms. The topological polar surface area (TPSA) is 38.1 Å². The van der Waals surface area contributed by atoms with Crippen molar-refractivity contribution in [2.75, 3.05) is 0 Å². The molecular weight excluding hydrogens is 341 g/mol. The molecule has 3 nitrogen and oxygen atoms in total. The molecule has 138 valence electrons. The van der Waals surface area contributed by atoms with E-state index in [9.17, 15) is 18.3 Å². The van der Waals surface area contributed by atoms with Crippen LogP contribution >= 0.6 is 0 Å². The molecule has 4 rings (SSSR count). The van der Waals surface area contributed by atoms with Crippen molar-refractivity contribution in [3.63, 3.8) is 0 Å². The van der Waals surface area contributed by atoms with Crippen LogP contribution in [-0.4, -0.2) is 26.9 Å². The van der Waals surface area contributed by atoms with Crippen LogP contribution in [-0.2, 0) is 0 Å². The summed E-state index contributed by atoms with van der Waals surface area (Å²) in [7, 11) is 0. The number of rotatable bonds is 3. The molecule has 0 amide bonds. The number of aliphatic hydroxyl groups is 1. The van der Waals surface area contributed by atoms with E-state index in [1.807, 2.05) is 18.3 Å². The van der Waals surface area contributed by atoms with Gasteiger partial charge in [0.1, 0.15) is 0 Å². The van der Waals surface area contributed by atoms with E-state index in [2.05, 4.69) is 21.7 Å². The van der Waals surface area contributed by atoms with Gasteiger partial charge in [-0.2, -0.15) is 13.2 Å². The van der Waals surface area contributed by atoms with E-state index in [0.717, 1.165) is 11.3 Å². The first-order valence-corrected chi connectivity index (χ1v) is 8.99. The van der Waals surface area contributed by atoms with Gasteiger partial charge in [-0.3, -0.25) is 0 Å². The van der Waals surface area contributed by atoms with Gasteiger partial charge < -0.3 is 9.67 Å². The molecule has 1 aromatic heterocycles. The summed E-state index contributed by atoms with van der Waals surface area (Å²) in [6, 6.07) is 8.15. The van der Waals surface area contributed by atoms with Crippen molar-refractivity contribution in [1.82, 2.24) is 9.55 Å². The molecule has 26 heavy (non-hydrogen) atoms. The summed E-state index contributed by atoms with van der Waals surface area (Å²) in [6.45, 7) is 0. The second-order valence-corrected chi connectivity index (χ2v) is 7.27. The molecule has 0 saturated heterocycles. The third-order valence-corrected chi connectivity index (χ3v) is 5.65. The lowest BCUT2D eigenvalue weighted by atomic mass is 9.80. The van der Waals surface area contributed by atoms with E-state index >= 15 is 0 Å². The second-order valence-electron chi connectivity index (χ2n) is 7.27. The van der Waals surface area contributed by atoms with Crippen molar-refractivity contribution in [3.05, 3.63) is 54.0 Å². The first kappa shape index (κ1) is 17.3. The normalized spacial score (nSPS) is 23.5. The fraction of sp³-hybridized carbons (Fsp3) is 0.450. The van der Waals surface area contributed by atoms with Crippen LogP contribution in [0.1, 0.15) is 43.7 Å². The molecule has 1 saturated carbocycles. The Bertz CT molecular complexity index is 814. The van der Waals surface area contributed by atoms with E-state index in [0.29, 0.717) is 43.8 Å². The lowest BCUT2D eigenvalue weighted by Gasteiger charge is -2.30. The van der Waals surface area contributed by atoms with Gasteiger partial charge >= 0.3 is 6.18 Å². The summed E-state index contributed by atoms with van der Waals surface area (Å²) < 4.78 is 39.5. The molecule has 1 N–H and O–H groups in total. The lowest BCUT2D eigenvalue weighted by molar-refractivity contribution is -0.0810. The van der Waals surface area contributed by atoms with Gasteiger partial charge in [0, 0.05) is 11.6 Å². The summed E-state index contributed by atoms with van der Waals surface area (Å²) in [5, 5.41) is 10.8. The molecule has 1 aromatic carbocycles. The zero-order chi connectivity index (χ0) is 18.3. The number of halogens is 3. The standard InChI is InChI=1S/C20H21F3N2O/c21-20(22,23)10-13-5-7-14(8-6-13)19(26)9-17-15-3-1-2-4-16(15)18-11-24-12-25(17)18/h1-4,10-12,14,17,19,26H,5-9H2. The Balaban J connectivity index is 1.45. The predicted molar refractivity (Wildman–Crippen MR) is 92.5 cm³/mol. The summed E-state index contributed by atoms with van der Waals surface area (Å²) in [6.07, 6.45) is 1.88. The third kappa shape index (κ3) is 3.30. The number of alkyl halides is 3. The highest BCUT2D eigenvalue weighted by molar-refractivity contribution is 5.68. The monoisotopic (exact) mass is 362 g/mol. The predicted octanol–water partition coefficient (Wildman–Crippen LogP) is 4.88. The third-order valence-electron chi connectivity index (χ3n) is 5.65. The van der Waals surface area contributed by atoms with E-state index in [1.165, 1.54) is 5.56 Å². The number of aliphatic hydroxyl groups excluding tert-OH is 1. The second kappa shape index (κ2) is 6.58. The van der Waals surface area contributed by atoms with Crippen molar-refractivity contribution in [2.24, 2.45) is 5.92 Å². The van der Waals surface area contributed by atoms with E-state index in [-0.39, 0.29) is 12.0 Å². The zero-order valence-corrected chi connectivity index (χ0v) is 14.3. The smallest absolute Gasteiger partial charge is 0.393 e. The van der Waals surface area contributed by atoms with Crippen molar-refractivity contribution in [2.45, 2.75) is 50.4 Å². The van der Waals surface area contributed by atoms with Crippen molar-refractivity contribution < 1.29 is 18.3 Å². The van der Waals surface area contributed by atoms with Gasteiger partial charge in [-0.25, -0.2) is 4.98 Å². The van der Waals surface area contributed by atoms with Gasteiger partial charge in [0.25, 0.3) is 0 Å². The molecule has 2 aliphatic rings. The Kier molecular flexibility index (Phi) is 4.39. The Morgan fingerprint density at radius 2 is 1.96 bits per heavy atom. The van der Waals surface area contributed by atoms with Crippen LogP contribution in [0.15, 0.2) is 48.4 Å². The first-order chi connectivity index (χ1) is 12.4. The van der Waals surface area contributed by atoms with E-state index in [4.69, 9.17) is 0 Å². The van der Waals surface area contributed by atoms with Crippen molar-refractivity contribution in [3.8, 4) is 11.3 Å². The highest BCUT2D eigenvalue weighted by Gasteiger charge is 2.33. The Hall–Kier alpha value is -2.08. The van der Waals surface area contributed by atoms with Crippen LogP contribution in [0, 0.1) is 5.92 Å². The quantitative estimate of drug-likeness (QED) is 0.790. The molecule has 0 radical (unpaired) electrons. The van der Waals surface area contributed by atoms with Crippen LogP contribution in [0.3, 0.4) is 0 Å². The maximum absolute atomic E-state index is 12.5. The zero-order valence-electron chi connectivity index (χ0n) is 14.3. The molecular formula is C20H21F3N2O. The van der Waals surface area contributed by atoms with Gasteiger partial charge in [-0.15, -0.1) is 0 Å². The maximum atomic E-state index is 12.5. The van der Waals surface area contributed by atoms with Gasteiger partial charge in [-0.05, 0) is 43.6 Å². The van der Waals surface area contributed by atoms with Crippen molar-refractivity contribution in [1.29, 1.82) is 0 Å². The Morgan fingerprint density at radius 3 is 2.69 bits per heavy atom. The minimum atomic E-state index is -4.24. The average molecular weight is 362 g/mol. The minimum Gasteiger partial charge on any atom is -0.393 e. The number of benzene rings is 1. The van der Waals surface area contributed by atoms with Gasteiger partial charge in [0.15, 0.2) is 0 Å². The van der Waals surface area contributed by atoms with Crippen LogP contribution in [0.5, 0.6) is 0 Å². The number of fused-ring (bicyclic) bond motifs is 3. The van der Waals surface area contributed by atoms with Gasteiger partial charge in [-0.1, -0.05) is 29.8 Å². The molecule has 0 bridgehead atoms. The number of hydrogen-bond acceptors (Lipinski definition) is 2. The van der Waals surface area contributed by atoms with E-state index < -0.39 is 12.3 Å². The highest BCUT2D eigenvalue weighted by Crippen LogP contribution is 2.43. The van der Waals surface area contributed by atoms with Crippen molar-refractivity contribution >= 4 is 0 Å². The van der Waals surface area contributed by atoms with Crippen LogP contribution < -0.4 is 0 Å². The summed E-state index contributed by atoms with van der Waals surface area (Å²) in [5.74, 6) is 0.0418. The summed E-state index contributed by atoms with van der Waals surface area (Å²) in [4.78, 5) is 4.22. The van der Waals surface area contributed by atoms with Gasteiger partial charge in [0.2, 0.25) is 0 Å². The van der Waals surface area contributed by atoms with Gasteiger partial charge in [0.05, 0.1) is 30.4 Å². The number of imidazole rings is 1. The fourth-order valence-electron chi connectivity index (χ4n) is 4.37. The minimum absolute atomic E-state index is 0.0332. The lowest BCUT2D eigenvalue weighted by Crippen LogP contribution is -2.27. The molecule has 2 heterocycles. The highest BCUT2D eigenvalue weighted by atomic mass is 19.4. The van der Waals surface area contributed by atoms with Crippen LogP contribution in [0.25, 0.3) is 11.3 Å². The number of aromatic nitrogens is 2. The molecule has 1 aliphatic carbocycles. The molecule has 6 heteroatoms. The SMILES string of the molecule is OC(CC1c2ccccc2-c2cncn21)C1CCC(=CC(F)(F)F)CC1.